The monoisotopic (exact) mass is 501 g/mol. The number of rotatable bonds is 8. The maximum atomic E-state index is 13.1. The lowest BCUT2D eigenvalue weighted by molar-refractivity contribution is -0.122. The van der Waals surface area contributed by atoms with Crippen molar-refractivity contribution in [3.05, 3.63) is 30.1 Å². The van der Waals surface area contributed by atoms with E-state index in [1.165, 1.54) is 23.5 Å². The van der Waals surface area contributed by atoms with Crippen LogP contribution in [-0.4, -0.2) is 85.3 Å². The van der Waals surface area contributed by atoms with Crippen molar-refractivity contribution in [2.75, 3.05) is 67.1 Å². The van der Waals surface area contributed by atoms with Gasteiger partial charge in [0.2, 0.25) is 22.1 Å². The van der Waals surface area contributed by atoms with Crippen LogP contribution in [0.4, 0.5) is 20.3 Å². The summed E-state index contributed by atoms with van der Waals surface area (Å²) in [5.74, 6) is -0.0697. The van der Waals surface area contributed by atoms with Crippen molar-refractivity contribution < 1.29 is 14.0 Å². The first-order valence-electron chi connectivity index (χ1n) is 12.5. The molecule has 1 aromatic carbocycles. The molecule has 3 fully saturated rings. The third kappa shape index (κ3) is 5.56. The smallest absolute Gasteiger partial charge is 0.242 e. The van der Waals surface area contributed by atoms with Crippen molar-refractivity contribution in [2.24, 2.45) is 0 Å². The summed E-state index contributed by atoms with van der Waals surface area (Å²) in [6.45, 7) is 6.81. The molecular weight excluding hydrogens is 469 g/mol. The molecule has 35 heavy (non-hydrogen) atoms. The molecule has 3 aliphatic rings. The fraction of sp³-hybridized carbons (Fsp3) is 0.583. The molecule has 1 atom stereocenters. The Morgan fingerprint density at radius 2 is 1.80 bits per heavy atom. The molecule has 3 aliphatic heterocycles. The van der Waals surface area contributed by atoms with Crippen LogP contribution in [-0.2, 0) is 9.59 Å². The molecule has 2 aromatic rings. The largest absolute Gasteiger partial charge is 0.369 e. The van der Waals surface area contributed by atoms with Crippen LogP contribution in [0.5, 0.6) is 0 Å². The topological polar surface area (TPSA) is 84.9 Å². The summed E-state index contributed by atoms with van der Waals surface area (Å²) in [5, 5.41) is 13.0. The van der Waals surface area contributed by atoms with E-state index in [2.05, 4.69) is 25.3 Å². The zero-order valence-corrected chi connectivity index (χ0v) is 20.7. The van der Waals surface area contributed by atoms with Gasteiger partial charge in [0.1, 0.15) is 11.9 Å². The normalized spacial score (nSPS) is 21.2. The van der Waals surface area contributed by atoms with E-state index in [0.29, 0.717) is 24.6 Å². The van der Waals surface area contributed by atoms with E-state index >= 15 is 0 Å². The van der Waals surface area contributed by atoms with Gasteiger partial charge in [0, 0.05) is 57.9 Å². The summed E-state index contributed by atoms with van der Waals surface area (Å²) in [5.41, 5.74) is 1.06. The van der Waals surface area contributed by atoms with Crippen molar-refractivity contribution in [1.29, 1.82) is 0 Å². The van der Waals surface area contributed by atoms with Gasteiger partial charge in [-0.15, -0.1) is 10.2 Å². The van der Waals surface area contributed by atoms with Gasteiger partial charge < -0.3 is 15.1 Å². The van der Waals surface area contributed by atoms with Crippen LogP contribution in [0.2, 0.25) is 0 Å². The fourth-order valence-corrected chi connectivity index (χ4v) is 6.03. The number of aromatic nitrogens is 2. The maximum absolute atomic E-state index is 13.1. The Bertz CT molecular complexity index is 1030. The lowest BCUT2D eigenvalue weighted by Crippen LogP contribution is -2.47. The van der Waals surface area contributed by atoms with Crippen LogP contribution in [0.25, 0.3) is 0 Å². The maximum Gasteiger partial charge on any atom is 0.242 e. The highest BCUT2D eigenvalue weighted by Gasteiger charge is 2.34. The second-order valence-corrected chi connectivity index (χ2v) is 10.3. The lowest BCUT2D eigenvalue weighted by Gasteiger charge is -2.36. The summed E-state index contributed by atoms with van der Waals surface area (Å²) in [4.78, 5) is 33.3. The Morgan fingerprint density at radius 1 is 1.03 bits per heavy atom. The SMILES string of the molecule is O=C(NCCCN1CCN(c2ccc(F)cc2)CC1)C1CCCN1c1nnc(N2CCCC2=O)s1. The Hall–Kier alpha value is -2.79. The fourth-order valence-electron chi connectivity index (χ4n) is 5.07. The van der Waals surface area contributed by atoms with Gasteiger partial charge in [-0.1, -0.05) is 11.3 Å². The third-order valence-corrected chi connectivity index (χ3v) is 8.01. The van der Waals surface area contributed by atoms with Crippen molar-refractivity contribution >= 4 is 39.1 Å². The third-order valence-electron chi connectivity index (χ3n) is 7.02. The van der Waals surface area contributed by atoms with Crippen LogP contribution in [0, 0.1) is 5.82 Å². The molecule has 1 unspecified atom stereocenters. The number of nitrogens with one attached hydrogen (secondary N) is 1. The van der Waals surface area contributed by atoms with Gasteiger partial charge in [0.05, 0.1) is 0 Å². The number of benzene rings is 1. The van der Waals surface area contributed by atoms with E-state index in [1.54, 1.807) is 4.90 Å². The molecule has 3 saturated heterocycles. The zero-order valence-electron chi connectivity index (χ0n) is 19.9. The molecule has 1 N–H and O–H groups in total. The van der Waals surface area contributed by atoms with Gasteiger partial charge in [-0.2, -0.15) is 0 Å². The first-order valence-corrected chi connectivity index (χ1v) is 13.3. The van der Waals surface area contributed by atoms with Gasteiger partial charge in [-0.25, -0.2) is 4.39 Å². The van der Waals surface area contributed by atoms with Gasteiger partial charge >= 0.3 is 0 Å². The zero-order chi connectivity index (χ0) is 24.2. The first-order chi connectivity index (χ1) is 17.1. The molecule has 0 spiro atoms. The van der Waals surface area contributed by atoms with Crippen LogP contribution in [0.3, 0.4) is 0 Å². The molecular formula is C24H32FN7O2S. The lowest BCUT2D eigenvalue weighted by atomic mass is 10.2. The number of hydrogen-bond donors (Lipinski definition) is 1. The standard InChI is InChI=1S/C24H32FN7O2S/c25-18-6-8-19(9-7-18)30-16-14-29(15-17-30)11-3-10-26-22(34)20-4-1-12-31(20)23-27-28-24(35-23)32-13-2-5-21(32)33/h6-9,20H,1-5,10-17H2,(H,26,34). The Kier molecular flexibility index (Phi) is 7.43. The number of piperazine rings is 1. The minimum absolute atomic E-state index is 0.0395. The van der Waals surface area contributed by atoms with Crippen molar-refractivity contribution in [2.45, 2.75) is 38.1 Å². The summed E-state index contributed by atoms with van der Waals surface area (Å²) in [6, 6.07) is 6.45. The van der Waals surface area contributed by atoms with Crippen LogP contribution in [0.1, 0.15) is 32.1 Å². The summed E-state index contributed by atoms with van der Waals surface area (Å²) < 4.78 is 13.1. The van der Waals surface area contributed by atoms with Gasteiger partial charge in [0.15, 0.2) is 0 Å². The molecule has 2 amide bonds. The van der Waals surface area contributed by atoms with Gasteiger partial charge in [-0.3, -0.25) is 19.4 Å². The Labute approximate surface area is 208 Å². The Balaban J connectivity index is 1.04. The number of halogens is 1. The van der Waals surface area contributed by atoms with Crippen molar-refractivity contribution in [3.63, 3.8) is 0 Å². The number of nitrogens with zero attached hydrogens (tertiary/aromatic N) is 6. The minimum atomic E-state index is -0.232. The number of amides is 2. The highest BCUT2D eigenvalue weighted by atomic mass is 32.1. The average Bonchev–Trinajstić information content (AvgIpc) is 3.63. The molecule has 0 radical (unpaired) electrons. The average molecular weight is 502 g/mol. The molecule has 1 aromatic heterocycles. The van der Waals surface area contributed by atoms with E-state index in [9.17, 15) is 14.0 Å². The highest BCUT2D eigenvalue weighted by Crippen LogP contribution is 2.33. The highest BCUT2D eigenvalue weighted by molar-refractivity contribution is 7.19. The Morgan fingerprint density at radius 3 is 2.54 bits per heavy atom. The molecule has 0 aliphatic carbocycles. The van der Waals surface area contributed by atoms with E-state index in [0.717, 1.165) is 75.8 Å². The molecule has 188 valence electrons. The molecule has 9 nitrogen and oxygen atoms in total. The van der Waals surface area contributed by atoms with E-state index in [-0.39, 0.29) is 23.7 Å². The van der Waals surface area contributed by atoms with Gasteiger partial charge in [-0.05, 0) is 56.5 Å². The van der Waals surface area contributed by atoms with E-state index in [4.69, 9.17) is 0 Å². The van der Waals surface area contributed by atoms with E-state index < -0.39 is 0 Å². The molecule has 11 heteroatoms. The summed E-state index contributed by atoms with van der Waals surface area (Å²) in [7, 11) is 0. The predicted molar refractivity (Wildman–Crippen MR) is 135 cm³/mol. The quantitative estimate of drug-likeness (QED) is 0.555. The van der Waals surface area contributed by atoms with Gasteiger partial charge in [0.25, 0.3) is 0 Å². The summed E-state index contributed by atoms with van der Waals surface area (Å²) >= 11 is 1.40. The predicted octanol–water partition coefficient (Wildman–Crippen LogP) is 2.10. The summed E-state index contributed by atoms with van der Waals surface area (Å²) in [6.07, 6.45) is 4.05. The number of carbonyl (C=O) groups is 2. The van der Waals surface area contributed by atoms with E-state index in [1.807, 2.05) is 17.0 Å². The van der Waals surface area contributed by atoms with Crippen LogP contribution >= 0.6 is 11.3 Å². The second kappa shape index (κ2) is 10.9. The minimum Gasteiger partial charge on any atom is -0.369 e. The second-order valence-electron chi connectivity index (χ2n) is 9.32. The number of anilines is 3. The van der Waals surface area contributed by atoms with Crippen molar-refractivity contribution in [1.82, 2.24) is 20.4 Å². The number of carbonyl (C=O) groups excluding carboxylic acids is 2. The first kappa shape index (κ1) is 23.9. The van der Waals surface area contributed by atoms with Crippen LogP contribution in [0.15, 0.2) is 24.3 Å². The number of hydrogen-bond acceptors (Lipinski definition) is 8. The van der Waals surface area contributed by atoms with Crippen LogP contribution < -0.4 is 20.0 Å². The molecule has 0 saturated carbocycles. The van der Waals surface area contributed by atoms with Crippen molar-refractivity contribution in [3.8, 4) is 0 Å². The molecule has 5 rings (SSSR count). The molecule has 0 bridgehead atoms. The molecule has 4 heterocycles.